The fourth-order valence-corrected chi connectivity index (χ4v) is 3.76. The Morgan fingerprint density at radius 2 is 1.55 bits per heavy atom. The van der Waals surface area contributed by atoms with Gasteiger partial charge in [-0.05, 0) is 54.7 Å². The number of nitrogens with zero attached hydrogens (tertiary/aromatic N) is 1. The molecule has 0 unspecified atom stereocenters. The van der Waals surface area contributed by atoms with Crippen molar-refractivity contribution >= 4 is 11.5 Å². The fraction of sp³-hybridized carbons (Fsp3) is 0.269. The smallest absolute Gasteiger partial charge is 0.167 e. The summed E-state index contributed by atoms with van der Waals surface area (Å²) in [4.78, 5) is 15.2. The Bertz CT molecular complexity index is 928. The van der Waals surface area contributed by atoms with Crippen LogP contribution in [0.15, 0.2) is 78.9 Å². The fourth-order valence-electron chi connectivity index (χ4n) is 3.76. The molecular formula is C26H27NO2. The second kappa shape index (κ2) is 9.42. The van der Waals surface area contributed by atoms with Crippen LogP contribution in [0.4, 0.5) is 5.69 Å². The summed E-state index contributed by atoms with van der Waals surface area (Å²) in [6.45, 7) is 2.76. The van der Waals surface area contributed by atoms with E-state index in [4.69, 9.17) is 4.74 Å². The minimum absolute atomic E-state index is 0.112. The van der Waals surface area contributed by atoms with E-state index in [1.54, 1.807) is 0 Å². The summed E-state index contributed by atoms with van der Waals surface area (Å²) in [5, 5.41) is 0. The number of carbonyl (C=O) groups is 1. The van der Waals surface area contributed by atoms with Crippen LogP contribution < -0.4 is 9.64 Å². The zero-order chi connectivity index (χ0) is 19.9. The van der Waals surface area contributed by atoms with Crippen molar-refractivity contribution in [1.82, 2.24) is 0 Å². The minimum Gasteiger partial charge on any atom is -0.489 e. The molecule has 1 aliphatic rings. The topological polar surface area (TPSA) is 29.5 Å². The molecule has 4 rings (SSSR count). The number of hydrogen-bond acceptors (Lipinski definition) is 3. The maximum absolute atomic E-state index is 12.8. The molecule has 29 heavy (non-hydrogen) atoms. The largest absolute Gasteiger partial charge is 0.489 e. The zero-order valence-corrected chi connectivity index (χ0v) is 16.7. The highest BCUT2D eigenvalue weighted by Crippen LogP contribution is 2.21. The van der Waals surface area contributed by atoms with Gasteiger partial charge in [-0.25, -0.2) is 0 Å². The maximum Gasteiger partial charge on any atom is 0.167 e. The summed E-state index contributed by atoms with van der Waals surface area (Å²) >= 11 is 0. The van der Waals surface area contributed by atoms with Gasteiger partial charge in [0.25, 0.3) is 0 Å². The van der Waals surface area contributed by atoms with Gasteiger partial charge in [0.15, 0.2) is 5.78 Å². The summed E-state index contributed by atoms with van der Waals surface area (Å²) in [5.41, 5.74) is 4.11. The van der Waals surface area contributed by atoms with Crippen LogP contribution in [0, 0.1) is 0 Å². The second-order valence-corrected chi connectivity index (χ2v) is 7.62. The van der Waals surface area contributed by atoms with E-state index in [1.165, 1.54) is 24.9 Å². The molecular weight excluding hydrogens is 358 g/mol. The molecule has 3 aromatic carbocycles. The van der Waals surface area contributed by atoms with Gasteiger partial charge in [0.05, 0.1) is 0 Å². The van der Waals surface area contributed by atoms with Crippen LogP contribution in [0.2, 0.25) is 0 Å². The van der Waals surface area contributed by atoms with Gasteiger partial charge < -0.3 is 9.64 Å². The first-order valence-corrected chi connectivity index (χ1v) is 10.4. The Kier molecular flexibility index (Phi) is 6.25. The predicted molar refractivity (Wildman–Crippen MR) is 118 cm³/mol. The normalized spacial score (nSPS) is 13.9. The lowest BCUT2D eigenvalue weighted by atomic mass is 10.0. The van der Waals surface area contributed by atoms with Crippen LogP contribution in [0.5, 0.6) is 5.75 Å². The standard InChI is InChI=1S/C26H27NO2/c28-26(18-21-12-14-24(15-13-21)27-16-5-2-6-17-27)23-10-7-11-25(19-23)29-20-22-8-3-1-4-9-22/h1,3-4,7-15,19H,2,5-6,16-18,20H2. The minimum atomic E-state index is 0.112. The molecule has 1 saturated heterocycles. The first kappa shape index (κ1) is 19.3. The molecule has 0 atom stereocenters. The zero-order valence-electron chi connectivity index (χ0n) is 16.7. The highest BCUT2D eigenvalue weighted by Gasteiger charge is 2.12. The molecule has 1 fully saturated rings. The van der Waals surface area contributed by atoms with Gasteiger partial charge >= 0.3 is 0 Å². The Morgan fingerprint density at radius 1 is 0.793 bits per heavy atom. The monoisotopic (exact) mass is 385 g/mol. The molecule has 0 saturated carbocycles. The number of piperidine rings is 1. The number of carbonyl (C=O) groups excluding carboxylic acids is 1. The lowest BCUT2D eigenvalue weighted by molar-refractivity contribution is 0.0992. The summed E-state index contributed by atoms with van der Waals surface area (Å²) in [7, 11) is 0. The van der Waals surface area contributed by atoms with Crippen molar-refractivity contribution in [3.63, 3.8) is 0 Å². The average molecular weight is 386 g/mol. The van der Waals surface area contributed by atoms with Gasteiger partial charge in [-0.3, -0.25) is 4.79 Å². The number of rotatable bonds is 7. The third kappa shape index (κ3) is 5.26. The van der Waals surface area contributed by atoms with Crippen LogP contribution >= 0.6 is 0 Å². The molecule has 0 radical (unpaired) electrons. The van der Waals surface area contributed by atoms with Crippen molar-refractivity contribution < 1.29 is 9.53 Å². The summed E-state index contributed by atoms with van der Waals surface area (Å²) in [5.74, 6) is 0.834. The van der Waals surface area contributed by atoms with Gasteiger partial charge in [-0.2, -0.15) is 0 Å². The summed E-state index contributed by atoms with van der Waals surface area (Å²) < 4.78 is 5.86. The number of anilines is 1. The Hall–Kier alpha value is -3.07. The third-order valence-corrected chi connectivity index (χ3v) is 5.43. The van der Waals surface area contributed by atoms with E-state index in [1.807, 2.05) is 54.6 Å². The number of Topliss-reactive ketones (excluding diaryl/α,β-unsaturated/α-hetero) is 1. The second-order valence-electron chi connectivity index (χ2n) is 7.62. The van der Waals surface area contributed by atoms with Crippen LogP contribution in [0.1, 0.15) is 40.7 Å². The van der Waals surface area contributed by atoms with Gasteiger partial charge in [0, 0.05) is 30.8 Å². The van der Waals surface area contributed by atoms with Crippen molar-refractivity contribution in [2.75, 3.05) is 18.0 Å². The molecule has 0 aromatic heterocycles. The van der Waals surface area contributed by atoms with E-state index < -0.39 is 0 Å². The van der Waals surface area contributed by atoms with Crippen molar-refractivity contribution in [2.45, 2.75) is 32.3 Å². The van der Waals surface area contributed by atoms with E-state index in [-0.39, 0.29) is 5.78 Å². The third-order valence-electron chi connectivity index (χ3n) is 5.43. The van der Waals surface area contributed by atoms with E-state index in [2.05, 4.69) is 29.2 Å². The molecule has 0 N–H and O–H groups in total. The number of hydrogen-bond donors (Lipinski definition) is 0. The maximum atomic E-state index is 12.8. The quantitative estimate of drug-likeness (QED) is 0.490. The highest BCUT2D eigenvalue weighted by atomic mass is 16.5. The van der Waals surface area contributed by atoms with Gasteiger partial charge in [0.1, 0.15) is 12.4 Å². The number of ether oxygens (including phenoxy) is 1. The molecule has 3 aromatic rings. The summed E-state index contributed by atoms with van der Waals surface area (Å²) in [6, 6.07) is 26.0. The molecule has 0 spiro atoms. The number of ketones is 1. The molecule has 0 bridgehead atoms. The van der Waals surface area contributed by atoms with Crippen molar-refractivity contribution in [1.29, 1.82) is 0 Å². The molecule has 0 amide bonds. The van der Waals surface area contributed by atoms with Crippen molar-refractivity contribution in [3.8, 4) is 5.75 Å². The first-order valence-electron chi connectivity index (χ1n) is 10.4. The van der Waals surface area contributed by atoms with Crippen LogP contribution in [-0.4, -0.2) is 18.9 Å². The van der Waals surface area contributed by atoms with E-state index in [9.17, 15) is 4.79 Å². The summed E-state index contributed by atoms with van der Waals surface area (Å²) in [6.07, 6.45) is 4.27. The van der Waals surface area contributed by atoms with Crippen molar-refractivity contribution in [2.24, 2.45) is 0 Å². The molecule has 148 valence electrons. The van der Waals surface area contributed by atoms with Gasteiger partial charge in [0.2, 0.25) is 0 Å². The lowest BCUT2D eigenvalue weighted by Gasteiger charge is -2.28. The Labute approximate surface area is 172 Å². The number of benzene rings is 3. The van der Waals surface area contributed by atoms with E-state index in [0.717, 1.165) is 30.0 Å². The molecule has 1 heterocycles. The Morgan fingerprint density at radius 3 is 2.31 bits per heavy atom. The Balaban J connectivity index is 1.36. The average Bonchev–Trinajstić information content (AvgIpc) is 2.80. The van der Waals surface area contributed by atoms with Crippen LogP contribution in [-0.2, 0) is 13.0 Å². The molecule has 0 aliphatic carbocycles. The van der Waals surface area contributed by atoms with Crippen LogP contribution in [0.3, 0.4) is 0 Å². The van der Waals surface area contributed by atoms with Gasteiger partial charge in [-0.1, -0.05) is 54.6 Å². The lowest BCUT2D eigenvalue weighted by Crippen LogP contribution is -2.29. The highest BCUT2D eigenvalue weighted by molar-refractivity contribution is 5.97. The molecule has 3 nitrogen and oxygen atoms in total. The van der Waals surface area contributed by atoms with Crippen LogP contribution in [0.25, 0.3) is 0 Å². The first-order chi connectivity index (χ1) is 14.3. The molecule has 1 aliphatic heterocycles. The van der Waals surface area contributed by atoms with Gasteiger partial charge in [-0.15, -0.1) is 0 Å². The molecule has 3 heteroatoms. The SMILES string of the molecule is O=C(Cc1ccc(N2CCCCC2)cc1)c1cccc(OCc2ccccc2)c1. The van der Waals surface area contributed by atoms with Crippen molar-refractivity contribution in [3.05, 3.63) is 95.6 Å². The predicted octanol–water partition coefficient (Wildman–Crippen LogP) is 5.68. The van der Waals surface area contributed by atoms with E-state index in [0.29, 0.717) is 18.6 Å². The van der Waals surface area contributed by atoms with E-state index >= 15 is 0 Å².